The number of fused-ring (bicyclic) bond motifs is 1. The van der Waals surface area contributed by atoms with E-state index in [0.717, 1.165) is 10.8 Å². The highest BCUT2D eigenvalue weighted by Crippen LogP contribution is 2.49. The number of benzene rings is 2. The number of hydrogen-bond acceptors (Lipinski definition) is 10. The minimum absolute atomic E-state index is 0.109. The van der Waals surface area contributed by atoms with Crippen LogP contribution in [0.4, 0.5) is 5.82 Å². The second kappa shape index (κ2) is 12.7. The van der Waals surface area contributed by atoms with Gasteiger partial charge in [0.25, 0.3) is 0 Å². The van der Waals surface area contributed by atoms with Gasteiger partial charge < -0.3 is 20.1 Å². The van der Waals surface area contributed by atoms with Crippen molar-refractivity contribution in [3.05, 3.63) is 65.2 Å². The van der Waals surface area contributed by atoms with Crippen LogP contribution in [0, 0.1) is 5.92 Å². The Hall–Kier alpha value is -2.89. The van der Waals surface area contributed by atoms with Crippen LogP contribution in [0.15, 0.2) is 59.5 Å². The van der Waals surface area contributed by atoms with Gasteiger partial charge in [0.2, 0.25) is 0 Å². The van der Waals surface area contributed by atoms with Crippen molar-refractivity contribution in [2.75, 3.05) is 12.3 Å². The molecule has 1 fully saturated rings. The van der Waals surface area contributed by atoms with E-state index in [1.165, 1.54) is 28.6 Å². The zero-order chi connectivity index (χ0) is 29.0. The van der Waals surface area contributed by atoms with Crippen LogP contribution in [-0.2, 0) is 18.6 Å². The first-order valence-electron chi connectivity index (χ1n) is 13.0. The van der Waals surface area contributed by atoms with Crippen LogP contribution in [0.25, 0.3) is 10.8 Å². The molecule has 0 amide bonds. The zero-order valence-corrected chi connectivity index (χ0v) is 24.5. The number of rotatable bonds is 11. The Morgan fingerprint density at radius 2 is 1.93 bits per heavy atom. The molecule has 5 atom stereocenters. The van der Waals surface area contributed by atoms with Crippen molar-refractivity contribution in [2.45, 2.75) is 63.0 Å². The van der Waals surface area contributed by atoms with Gasteiger partial charge in [-0.25, -0.2) is 9.36 Å². The maximum Gasteiger partial charge on any atom is 0.459 e. The van der Waals surface area contributed by atoms with E-state index in [2.05, 4.69) is 10.1 Å². The van der Waals surface area contributed by atoms with E-state index in [1.807, 2.05) is 30.3 Å². The Balaban J connectivity index is 1.56. The Morgan fingerprint density at radius 3 is 2.60 bits per heavy atom. The van der Waals surface area contributed by atoms with E-state index >= 15 is 0 Å². The molecule has 1 aliphatic rings. The van der Waals surface area contributed by atoms with Gasteiger partial charge in [0.15, 0.2) is 0 Å². The molecule has 3 aromatic rings. The Morgan fingerprint density at radius 1 is 1.20 bits per heavy atom. The fraction of sp³-hybridized carbons (Fsp3) is 0.444. The molecule has 0 bridgehead atoms. The molecule has 1 aliphatic heterocycles. The molecule has 4 rings (SSSR count). The van der Waals surface area contributed by atoms with Gasteiger partial charge >= 0.3 is 19.4 Å². The molecular weight excluding hydrogens is 555 g/mol. The SMILES string of the molecule is CC(C)OC(=O)[C@@H](NP(=O)(OC[C@H]1S[C@@H](n2ccc(N)nc2=O)CC1O)Oc1ccc2ccccc2c1)C(C)C. The van der Waals surface area contributed by atoms with Gasteiger partial charge in [0.1, 0.15) is 17.6 Å². The summed E-state index contributed by atoms with van der Waals surface area (Å²) in [6.45, 7) is 6.86. The number of nitrogens with zero attached hydrogens (tertiary/aromatic N) is 2. The number of esters is 1. The number of carbonyl (C=O) groups excluding carboxylic acids is 1. The lowest BCUT2D eigenvalue weighted by atomic mass is 10.1. The first-order chi connectivity index (χ1) is 18.9. The number of nitrogen functional groups attached to an aromatic ring is 1. The summed E-state index contributed by atoms with van der Waals surface area (Å²) in [6, 6.07) is 13.4. The summed E-state index contributed by atoms with van der Waals surface area (Å²) < 4.78 is 32.8. The Labute approximate surface area is 237 Å². The molecular formula is C27H35N4O7PS. The zero-order valence-electron chi connectivity index (χ0n) is 22.8. The molecule has 216 valence electrons. The fourth-order valence-corrected chi connectivity index (χ4v) is 7.47. The fourth-order valence-electron chi connectivity index (χ4n) is 4.26. The number of nitrogens with two attached hydrogens (primary N) is 1. The largest absolute Gasteiger partial charge is 0.462 e. The molecule has 0 saturated carbocycles. The Kier molecular flexibility index (Phi) is 9.58. The van der Waals surface area contributed by atoms with Crippen molar-refractivity contribution in [3.63, 3.8) is 0 Å². The maximum absolute atomic E-state index is 14.2. The third-order valence-electron chi connectivity index (χ3n) is 6.29. The van der Waals surface area contributed by atoms with E-state index in [1.54, 1.807) is 39.8 Å². The van der Waals surface area contributed by atoms with Crippen molar-refractivity contribution in [1.29, 1.82) is 0 Å². The standard InChI is InChI=1S/C27H35N4O7PS/c1-16(2)25(26(33)37-17(3)4)30-39(35,38-20-10-9-18-7-5-6-8-19(18)13-20)36-15-22-21(32)14-24(40-22)31-12-11-23(28)29-27(31)34/h5-13,16-17,21-22,24-25,32H,14-15H2,1-4H3,(H,30,35)(H2,28,29,34)/t21?,22-,24-,25+,39?/m1/s1. The average Bonchev–Trinajstić information content (AvgIpc) is 3.25. The van der Waals surface area contributed by atoms with Gasteiger partial charge in [0.05, 0.1) is 29.4 Å². The van der Waals surface area contributed by atoms with Gasteiger partial charge in [-0.05, 0) is 48.7 Å². The monoisotopic (exact) mass is 590 g/mol. The molecule has 1 aromatic heterocycles. The van der Waals surface area contributed by atoms with Crippen LogP contribution >= 0.6 is 19.5 Å². The number of hydrogen-bond donors (Lipinski definition) is 3. The minimum Gasteiger partial charge on any atom is -0.462 e. The van der Waals surface area contributed by atoms with Gasteiger partial charge in [0, 0.05) is 12.6 Å². The predicted octanol–water partition coefficient (Wildman–Crippen LogP) is 4.11. The number of aromatic nitrogens is 2. The third kappa shape index (κ3) is 7.44. The number of aliphatic hydroxyl groups is 1. The summed E-state index contributed by atoms with van der Waals surface area (Å²) in [5.74, 6) is -0.491. The maximum atomic E-state index is 14.2. The van der Waals surface area contributed by atoms with Crippen molar-refractivity contribution >= 4 is 42.1 Å². The molecule has 0 spiro atoms. The smallest absolute Gasteiger partial charge is 0.459 e. The normalized spacial score (nSPS) is 21.4. The lowest BCUT2D eigenvalue weighted by Crippen LogP contribution is -2.42. The van der Waals surface area contributed by atoms with E-state index in [9.17, 15) is 19.3 Å². The lowest BCUT2D eigenvalue weighted by molar-refractivity contribution is -0.150. The van der Waals surface area contributed by atoms with Crippen molar-refractivity contribution < 1.29 is 28.3 Å². The van der Waals surface area contributed by atoms with Crippen LogP contribution in [0.3, 0.4) is 0 Å². The molecule has 2 aromatic carbocycles. The molecule has 2 heterocycles. The highest BCUT2D eigenvalue weighted by molar-refractivity contribution is 8.00. The van der Waals surface area contributed by atoms with E-state index in [4.69, 9.17) is 19.5 Å². The summed E-state index contributed by atoms with van der Waals surface area (Å²) in [5.41, 5.74) is 5.07. The van der Waals surface area contributed by atoms with Crippen LogP contribution in [0.5, 0.6) is 5.75 Å². The summed E-state index contributed by atoms with van der Waals surface area (Å²) in [4.78, 5) is 28.9. The minimum atomic E-state index is -4.19. The summed E-state index contributed by atoms with van der Waals surface area (Å²) in [7, 11) is -4.19. The van der Waals surface area contributed by atoms with Gasteiger partial charge in [-0.2, -0.15) is 10.1 Å². The van der Waals surface area contributed by atoms with E-state index in [0.29, 0.717) is 0 Å². The highest BCUT2D eigenvalue weighted by Gasteiger charge is 2.40. The molecule has 11 nitrogen and oxygen atoms in total. The summed E-state index contributed by atoms with van der Waals surface area (Å²) in [6.07, 6.45) is 0.551. The van der Waals surface area contributed by atoms with Crippen LogP contribution in [0.1, 0.15) is 39.5 Å². The number of aliphatic hydroxyl groups excluding tert-OH is 1. The molecule has 4 N–H and O–H groups in total. The number of anilines is 1. The van der Waals surface area contributed by atoms with Gasteiger partial charge in [-0.1, -0.05) is 44.2 Å². The first kappa shape index (κ1) is 30.1. The van der Waals surface area contributed by atoms with Crippen LogP contribution in [0.2, 0.25) is 0 Å². The molecule has 2 unspecified atom stereocenters. The molecule has 40 heavy (non-hydrogen) atoms. The van der Waals surface area contributed by atoms with E-state index in [-0.39, 0.29) is 36.6 Å². The lowest BCUT2D eigenvalue weighted by Gasteiger charge is -2.28. The summed E-state index contributed by atoms with van der Waals surface area (Å²) in [5, 5.41) is 14.4. The number of thioether (sulfide) groups is 1. The Bertz CT molecular complexity index is 1450. The highest BCUT2D eigenvalue weighted by atomic mass is 32.2. The second-order valence-electron chi connectivity index (χ2n) is 10.2. The molecule has 13 heteroatoms. The topological polar surface area (TPSA) is 155 Å². The van der Waals surface area contributed by atoms with Gasteiger partial charge in [-0.15, -0.1) is 11.8 Å². The average molecular weight is 591 g/mol. The second-order valence-corrected chi connectivity index (χ2v) is 13.3. The summed E-state index contributed by atoms with van der Waals surface area (Å²) >= 11 is 1.29. The number of carbonyl (C=O) groups is 1. The number of nitrogens with one attached hydrogen (secondary N) is 1. The predicted molar refractivity (Wildman–Crippen MR) is 155 cm³/mol. The first-order valence-corrected chi connectivity index (χ1v) is 15.5. The molecule has 0 aliphatic carbocycles. The van der Waals surface area contributed by atoms with Crippen LogP contribution in [-0.4, -0.2) is 50.7 Å². The van der Waals surface area contributed by atoms with Crippen molar-refractivity contribution in [1.82, 2.24) is 14.6 Å². The van der Waals surface area contributed by atoms with Gasteiger partial charge in [-0.3, -0.25) is 13.9 Å². The number of ether oxygens (including phenoxy) is 1. The quantitative estimate of drug-likeness (QED) is 0.218. The third-order valence-corrected chi connectivity index (χ3v) is 9.36. The van der Waals surface area contributed by atoms with Crippen LogP contribution < -0.4 is 21.0 Å². The van der Waals surface area contributed by atoms with E-state index < -0.39 is 42.2 Å². The van der Waals surface area contributed by atoms with Crippen molar-refractivity contribution in [3.8, 4) is 5.75 Å². The molecule has 0 radical (unpaired) electrons. The van der Waals surface area contributed by atoms with Crippen molar-refractivity contribution in [2.24, 2.45) is 5.92 Å². The molecule has 1 saturated heterocycles.